The second-order valence-corrected chi connectivity index (χ2v) is 25.0. The van der Waals surface area contributed by atoms with E-state index in [0.29, 0.717) is 24.9 Å². The monoisotopic (exact) mass is 960 g/mol. The molecule has 0 saturated heterocycles. The van der Waals surface area contributed by atoms with Crippen LogP contribution in [0.4, 0.5) is 0 Å². The van der Waals surface area contributed by atoms with Crippen LogP contribution in [-0.4, -0.2) is 40.2 Å². The summed E-state index contributed by atoms with van der Waals surface area (Å²) in [6.45, 7) is 26.1. The summed E-state index contributed by atoms with van der Waals surface area (Å²) in [4.78, 5) is 44.4. The summed E-state index contributed by atoms with van der Waals surface area (Å²) in [6.07, 6.45) is 32.7. The fourth-order valence-corrected chi connectivity index (χ4v) is 12.9. The normalized spacial score (nSPS) is 15.3. The van der Waals surface area contributed by atoms with Crippen molar-refractivity contribution in [3.05, 3.63) is 61.2 Å². The number of unbranched alkanes of at least 4 members (excludes halogenated alkanes) is 16. The molecule has 5 nitrogen and oxygen atoms in total. The van der Waals surface area contributed by atoms with Gasteiger partial charge in [0.2, 0.25) is 6.41 Å². The Morgan fingerprint density at radius 2 is 1.12 bits per heavy atom. The van der Waals surface area contributed by atoms with Crippen LogP contribution in [0.15, 0.2) is 41.6 Å². The Morgan fingerprint density at radius 1 is 0.621 bits per heavy atom. The van der Waals surface area contributed by atoms with Crippen molar-refractivity contribution in [3.8, 4) is 9.75 Å². The molecule has 0 aliphatic carbocycles. The molecule has 0 radical (unpaired) electrons. The van der Waals surface area contributed by atoms with Gasteiger partial charge in [-0.2, -0.15) is 0 Å². The SMILES string of the molecule is CCCCCCCCC(CCCCCC)CN1C(=O)/C(=C(\c2ccc(C(C)(C)C)s2)N(C=O)CC(CCCCCC)CCCCCCCC)C(C)=C1c1ccc(-c2cnc(C(C)(C)C)s2)s1. The fourth-order valence-electron chi connectivity index (χ4n) is 9.62. The van der Waals surface area contributed by atoms with E-state index in [9.17, 15) is 4.79 Å². The molecule has 0 spiro atoms. The fraction of sp³-hybridized carbons (Fsp3) is 0.707. The lowest BCUT2D eigenvalue weighted by atomic mass is 9.93. The standard InChI is InChI=1S/C58H93N3O2S3/c1-12-16-20-24-26-30-33-45(32-28-22-18-14-3)41-60(43-62)54(49-38-39-51(65-49)57(6,7)8)52-44(5)53(48-37-36-47(64-48)50-40-59-56(66-50)58(9,10)11)61(55(52)63)42-46(34-29-23-19-15-4)35-31-27-25-21-17-13-2/h36-40,43,45-46H,12-35,41-42H2,1-11H3/b54-52+. The van der Waals surface area contributed by atoms with E-state index in [2.05, 4.69) is 105 Å². The van der Waals surface area contributed by atoms with Gasteiger partial charge in [-0.3, -0.25) is 9.59 Å². The van der Waals surface area contributed by atoms with Gasteiger partial charge in [-0.05, 0) is 79.7 Å². The highest BCUT2D eigenvalue weighted by molar-refractivity contribution is 7.22. The van der Waals surface area contributed by atoms with E-state index in [-0.39, 0.29) is 16.7 Å². The number of thiazole rings is 1. The molecule has 4 rings (SSSR count). The van der Waals surface area contributed by atoms with Crippen LogP contribution in [-0.2, 0) is 20.4 Å². The van der Waals surface area contributed by atoms with Gasteiger partial charge in [0.1, 0.15) is 0 Å². The molecule has 0 saturated carbocycles. The first-order valence-electron chi connectivity index (χ1n) is 26.8. The van der Waals surface area contributed by atoms with Crippen LogP contribution >= 0.6 is 34.0 Å². The van der Waals surface area contributed by atoms with Crippen LogP contribution in [0.25, 0.3) is 21.1 Å². The predicted octanol–water partition coefficient (Wildman–Crippen LogP) is 18.6. The topological polar surface area (TPSA) is 53.5 Å². The van der Waals surface area contributed by atoms with Gasteiger partial charge in [0, 0.05) is 34.5 Å². The molecule has 2 atom stereocenters. The number of carbonyl (C=O) groups excluding carboxylic acids is 2. The third kappa shape index (κ3) is 17.1. The van der Waals surface area contributed by atoms with E-state index >= 15 is 4.79 Å². The minimum Gasteiger partial charge on any atom is -0.313 e. The minimum absolute atomic E-state index is 0.0166. The molecule has 4 heterocycles. The zero-order valence-corrected chi connectivity index (χ0v) is 46.3. The van der Waals surface area contributed by atoms with Crippen LogP contribution in [0.5, 0.6) is 0 Å². The summed E-state index contributed by atoms with van der Waals surface area (Å²) in [5.74, 6) is 0.864. The van der Waals surface area contributed by atoms with Crippen molar-refractivity contribution in [3.63, 3.8) is 0 Å². The molecule has 3 aromatic heterocycles. The van der Waals surface area contributed by atoms with Gasteiger partial charge < -0.3 is 9.80 Å². The quantitative estimate of drug-likeness (QED) is 0.0347. The molecule has 1 aliphatic rings. The van der Waals surface area contributed by atoms with Gasteiger partial charge in [0.05, 0.1) is 36.6 Å². The van der Waals surface area contributed by atoms with Crippen molar-refractivity contribution >= 4 is 57.7 Å². The van der Waals surface area contributed by atoms with E-state index in [4.69, 9.17) is 4.98 Å². The van der Waals surface area contributed by atoms with Gasteiger partial charge in [0.25, 0.3) is 5.91 Å². The summed E-state index contributed by atoms with van der Waals surface area (Å²) < 4.78 is 0. The number of rotatable bonds is 33. The molecule has 2 amide bonds. The Labute approximate surface area is 416 Å². The van der Waals surface area contributed by atoms with Crippen molar-refractivity contribution in [1.82, 2.24) is 14.8 Å². The van der Waals surface area contributed by atoms with Crippen molar-refractivity contribution in [2.24, 2.45) is 11.8 Å². The summed E-state index contributed by atoms with van der Waals surface area (Å²) in [6, 6.07) is 8.92. The summed E-state index contributed by atoms with van der Waals surface area (Å²) in [5.41, 5.74) is 3.50. The van der Waals surface area contributed by atoms with Crippen molar-refractivity contribution in [2.45, 2.75) is 241 Å². The molecule has 8 heteroatoms. The number of aromatic nitrogens is 1. The first-order chi connectivity index (χ1) is 31.7. The highest BCUT2D eigenvalue weighted by atomic mass is 32.1. The molecule has 0 N–H and O–H groups in total. The van der Waals surface area contributed by atoms with Crippen LogP contribution in [0, 0.1) is 11.8 Å². The second kappa shape index (κ2) is 28.8. The number of thiophene rings is 2. The maximum Gasteiger partial charge on any atom is 0.260 e. The lowest BCUT2D eigenvalue weighted by molar-refractivity contribution is -0.123. The maximum absolute atomic E-state index is 15.8. The number of hydrogen-bond donors (Lipinski definition) is 0. The molecule has 66 heavy (non-hydrogen) atoms. The Hall–Kier alpha value is -2.55. The Balaban J connectivity index is 1.88. The minimum atomic E-state index is -0.0511. The van der Waals surface area contributed by atoms with Crippen LogP contribution < -0.4 is 0 Å². The number of amides is 2. The van der Waals surface area contributed by atoms with Crippen LogP contribution in [0.3, 0.4) is 0 Å². The van der Waals surface area contributed by atoms with Crippen molar-refractivity contribution < 1.29 is 9.59 Å². The largest absolute Gasteiger partial charge is 0.313 e. The number of nitrogens with zero attached hydrogens (tertiary/aromatic N) is 3. The van der Waals surface area contributed by atoms with E-state index in [1.54, 1.807) is 34.0 Å². The zero-order chi connectivity index (χ0) is 48.1. The van der Waals surface area contributed by atoms with Crippen molar-refractivity contribution in [1.29, 1.82) is 0 Å². The molecule has 0 bridgehead atoms. The average molecular weight is 961 g/mol. The maximum atomic E-state index is 15.8. The first-order valence-corrected chi connectivity index (χ1v) is 29.3. The van der Waals surface area contributed by atoms with Gasteiger partial charge in [-0.15, -0.1) is 34.0 Å². The molecular formula is C58H93N3O2S3. The zero-order valence-electron chi connectivity index (χ0n) is 43.9. The second-order valence-electron chi connectivity index (χ2n) is 21.8. The van der Waals surface area contributed by atoms with Gasteiger partial charge in [-0.1, -0.05) is 198 Å². The first kappa shape index (κ1) is 56.0. The highest BCUT2D eigenvalue weighted by Crippen LogP contribution is 2.47. The summed E-state index contributed by atoms with van der Waals surface area (Å²) in [5, 5.41) is 1.13. The van der Waals surface area contributed by atoms with E-state index in [1.165, 1.54) is 143 Å². The van der Waals surface area contributed by atoms with Gasteiger partial charge in [-0.25, -0.2) is 4.98 Å². The van der Waals surface area contributed by atoms with Crippen molar-refractivity contribution in [2.75, 3.05) is 13.1 Å². The van der Waals surface area contributed by atoms with E-state index in [1.807, 2.05) is 11.1 Å². The molecule has 370 valence electrons. The van der Waals surface area contributed by atoms with Crippen LogP contribution in [0.1, 0.15) is 250 Å². The lowest BCUT2D eigenvalue weighted by Gasteiger charge is -2.29. The highest BCUT2D eigenvalue weighted by Gasteiger charge is 2.40. The lowest BCUT2D eigenvalue weighted by Crippen LogP contribution is -2.33. The Morgan fingerprint density at radius 3 is 1.61 bits per heavy atom. The molecule has 3 aromatic rings. The summed E-state index contributed by atoms with van der Waals surface area (Å²) in [7, 11) is 0. The molecule has 0 fully saturated rings. The summed E-state index contributed by atoms with van der Waals surface area (Å²) >= 11 is 5.32. The molecule has 1 aliphatic heterocycles. The van der Waals surface area contributed by atoms with E-state index < -0.39 is 0 Å². The third-order valence-electron chi connectivity index (χ3n) is 13.7. The number of carbonyl (C=O) groups is 2. The van der Waals surface area contributed by atoms with Crippen LogP contribution in [0.2, 0.25) is 0 Å². The predicted molar refractivity (Wildman–Crippen MR) is 292 cm³/mol. The molecule has 2 unspecified atom stereocenters. The van der Waals surface area contributed by atoms with Gasteiger partial charge >= 0.3 is 0 Å². The Kier molecular flexibility index (Phi) is 24.5. The molecular weight excluding hydrogens is 867 g/mol. The Bertz CT molecular complexity index is 1930. The van der Waals surface area contributed by atoms with Gasteiger partial charge in [0.15, 0.2) is 0 Å². The van der Waals surface area contributed by atoms with E-state index in [0.717, 1.165) is 69.4 Å². The smallest absolute Gasteiger partial charge is 0.260 e. The third-order valence-corrected chi connectivity index (χ3v) is 17.9. The average Bonchev–Trinajstić information content (AvgIpc) is 4.11. The molecule has 0 aromatic carbocycles. The number of hydrogen-bond acceptors (Lipinski definition) is 6.